The van der Waals surface area contributed by atoms with Gasteiger partial charge in [-0.1, -0.05) is 12.1 Å². The summed E-state index contributed by atoms with van der Waals surface area (Å²) in [6.45, 7) is 2.92. The van der Waals surface area contributed by atoms with Crippen molar-refractivity contribution >= 4 is 11.8 Å². The molecule has 4 fully saturated rings. The Morgan fingerprint density at radius 3 is 2.14 bits per heavy atom. The molecular formula is C23H32N2O4. The minimum atomic E-state index is -0.242. The van der Waals surface area contributed by atoms with E-state index >= 15 is 0 Å². The lowest BCUT2D eigenvalue weighted by molar-refractivity contribution is -0.148. The van der Waals surface area contributed by atoms with Gasteiger partial charge in [0.05, 0.1) is 18.6 Å². The van der Waals surface area contributed by atoms with Crippen molar-refractivity contribution in [2.45, 2.75) is 58.3 Å². The molecule has 0 aromatic heterocycles. The van der Waals surface area contributed by atoms with Gasteiger partial charge in [-0.05, 0) is 81.8 Å². The van der Waals surface area contributed by atoms with Crippen LogP contribution in [-0.2, 0) is 9.59 Å². The zero-order chi connectivity index (χ0) is 20.3. The molecule has 6 nitrogen and oxygen atoms in total. The Kier molecular flexibility index (Phi) is 5.97. The van der Waals surface area contributed by atoms with Crippen LogP contribution in [0.25, 0.3) is 0 Å². The lowest BCUT2D eigenvalue weighted by atomic mass is 9.49. The Balaban J connectivity index is 1.18. The molecule has 0 heterocycles. The normalized spacial score (nSPS) is 29.3. The summed E-state index contributed by atoms with van der Waals surface area (Å²) in [6, 6.07) is 7.52. The third-order valence-electron chi connectivity index (χ3n) is 6.79. The van der Waals surface area contributed by atoms with Crippen LogP contribution in [0.2, 0.25) is 0 Å². The van der Waals surface area contributed by atoms with Gasteiger partial charge in [-0.3, -0.25) is 20.4 Å². The number of hydrazine groups is 1. The number of amides is 2. The number of nitrogens with one attached hydrogen (secondary N) is 2. The minimum absolute atomic E-state index is 0.0202. The van der Waals surface area contributed by atoms with Crippen molar-refractivity contribution in [2.24, 2.45) is 23.2 Å². The Morgan fingerprint density at radius 1 is 0.966 bits per heavy atom. The van der Waals surface area contributed by atoms with Crippen LogP contribution >= 0.6 is 0 Å². The number of hydrogen-bond acceptors (Lipinski definition) is 4. The molecule has 4 aliphatic carbocycles. The molecule has 6 heteroatoms. The van der Waals surface area contributed by atoms with Crippen molar-refractivity contribution in [3.63, 3.8) is 0 Å². The monoisotopic (exact) mass is 400 g/mol. The van der Waals surface area contributed by atoms with Gasteiger partial charge in [-0.15, -0.1) is 0 Å². The maximum Gasteiger partial charge on any atom is 0.244 e. The number of carbonyl (C=O) groups excluding carboxylic acids is 2. The van der Waals surface area contributed by atoms with Crippen molar-refractivity contribution in [1.82, 2.24) is 10.9 Å². The second-order valence-electron chi connectivity index (χ2n) is 9.03. The van der Waals surface area contributed by atoms with Crippen molar-refractivity contribution in [3.8, 4) is 11.5 Å². The van der Waals surface area contributed by atoms with E-state index in [1.165, 1.54) is 19.3 Å². The van der Waals surface area contributed by atoms with Gasteiger partial charge < -0.3 is 9.47 Å². The first kappa shape index (κ1) is 20.0. The second kappa shape index (κ2) is 8.64. The van der Waals surface area contributed by atoms with E-state index in [4.69, 9.17) is 9.47 Å². The predicted molar refractivity (Wildman–Crippen MR) is 109 cm³/mol. The Bertz CT molecular complexity index is 713. The third kappa shape index (κ3) is 4.51. The van der Waals surface area contributed by atoms with Gasteiger partial charge in [-0.2, -0.15) is 0 Å². The molecule has 2 amide bonds. The highest BCUT2D eigenvalue weighted by molar-refractivity contribution is 5.86. The quantitative estimate of drug-likeness (QED) is 0.516. The summed E-state index contributed by atoms with van der Waals surface area (Å²) in [6.07, 6.45) is 7.74. The molecule has 0 spiro atoms. The van der Waals surface area contributed by atoms with Gasteiger partial charge >= 0.3 is 0 Å². The number of hydrogen-bond donors (Lipinski definition) is 2. The minimum Gasteiger partial charge on any atom is -0.490 e. The predicted octanol–water partition coefficient (Wildman–Crippen LogP) is 3.61. The summed E-state index contributed by atoms with van der Waals surface area (Å²) in [5.74, 6) is 3.36. The van der Waals surface area contributed by atoms with E-state index in [9.17, 15) is 9.59 Å². The number of ether oxygens (including phenoxy) is 2. The summed E-state index contributed by atoms with van der Waals surface area (Å²) in [5.41, 5.74) is 5.10. The van der Waals surface area contributed by atoms with E-state index in [0.717, 1.165) is 19.3 Å². The van der Waals surface area contributed by atoms with Gasteiger partial charge in [0.1, 0.15) is 0 Å². The molecule has 0 unspecified atom stereocenters. The average molecular weight is 401 g/mol. The van der Waals surface area contributed by atoms with Crippen molar-refractivity contribution in [1.29, 1.82) is 0 Å². The fraction of sp³-hybridized carbons (Fsp3) is 0.652. The smallest absolute Gasteiger partial charge is 0.244 e. The second-order valence-corrected chi connectivity index (χ2v) is 9.03. The summed E-state index contributed by atoms with van der Waals surface area (Å²) < 4.78 is 11.3. The van der Waals surface area contributed by atoms with Crippen LogP contribution in [0.3, 0.4) is 0 Å². The number of para-hydroxylation sites is 2. The fourth-order valence-corrected chi connectivity index (χ4v) is 5.97. The molecule has 4 aliphatic rings. The first-order chi connectivity index (χ1) is 14.1. The van der Waals surface area contributed by atoms with Crippen LogP contribution in [-0.4, -0.2) is 25.0 Å². The highest BCUT2D eigenvalue weighted by Crippen LogP contribution is 2.60. The van der Waals surface area contributed by atoms with E-state index in [0.29, 0.717) is 55.3 Å². The molecule has 158 valence electrons. The first-order valence-electron chi connectivity index (χ1n) is 11.0. The number of benzene rings is 1. The third-order valence-corrected chi connectivity index (χ3v) is 6.79. The van der Waals surface area contributed by atoms with Crippen LogP contribution in [0, 0.1) is 23.2 Å². The molecule has 0 atom stereocenters. The SMILES string of the molecule is CCOc1ccccc1OCCCC(=O)NNC(=O)C12CC3CC(CC(C3)C1)C2. The molecule has 0 radical (unpaired) electrons. The summed E-state index contributed by atoms with van der Waals surface area (Å²) in [7, 11) is 0. The average Bonchev–Trinajstić information content (AvgIpc) is 2.69. The van der Waals surface area contributed by atoms with Gasteiger partial charge in [0, 0.05) is 6.42 Å². The summed E-state index contributed by atoms with van der Waals surface area (Å²) in [4.78, 5) is 25.0. The van der Waals surface area contributed by atoms with E-state index in [1.54, 1.807) is 0 Å². The maximum atomic E-state index is 12.9. The van der Waals surface area contributed by atoms with E-state index in [2.05, 4.69) is 10.9 Å². The molecule has 2 N–H and O–H groups in total. The van der Waals surface area contributed by atoms with Crippen LogP contribution < -0.4 is 20.3 Å². The summed E-state index contributed by atoms with van der Waals surface area (Å²) in [5, 5.41) is 0. The Labute approximate surface area is 172 Å². The van der Waals surface area contributed by atoms with Gasteiger partial charge in [0.15, 0.2) is 11.5 Å². The first-order valence-corrected chi connectivity index (χ1v) is 11.0. The molecule has 29 heavy (non-hydrogen) atoms. The molecular weight excluding hydrogens is 368 g/mol. The summed E-state index contributed by atoms with van der Waals surface area (Å²) >= 11 is 0. The van der Waals surface area contributed by atoms with Crippen molar-refractivity contribution in [2.75, 3.05) is 13.2 Å². The van der Waals surface area contributed by atoms with E-state index < -0.39 is 0 Å². The maximum absolute atomic E-state index is 12.9. The largest absolute Gasteiger partial charge is 0.490 e. The standard InChI is InChI=1S/C23H32N2O4/c1-2-28-19-6-3-4-7-20(19)29-9-5-8-21(26)24-25-22(27)23-13-16-10-17(14-23)12-18(11-16)15-23/h3-4,6-7,16-18H,2,5,8-15H2,1H3,(H,24,26)(H,25,27). The lowest BCUT2D eigenvalue weighted by Crippen LogP contribution is -2.56. The van der Waals surface area contributed by atoms with E-state index in [-0.39, 0.29) is 17.2 Å². The van der Waals surface area contributed by atoms with Gasteiger partial charge in [0.25, 0.3) is 0 Å². The van der Waals surface area contributed by atoms with E-state index in [1.807, 2.05) is 31.2 Å². The van der Waals surface area contributed by atoms with Crippen LogP contribution in [0.15, 0.2) is 24.3 Å². The van der Waals surface area contributed by atoms with Gasteiger partial charge in [-0.25, -0.2) is 0 Å². The number of rotatable bonds is 8. The molecule has 1 aromatic rings. The molecule has 4 bridgehead atoms. The molecule has 4 saturated carbocycles. The zero-order valence-corrected chi connectivity index (χ0v) is 17.2. The van der Waals surface area contributed by atoms with Gasteiger partial charge in [0.2, 0.25) is 11.8 Å². The van der Waals surface area contributed by atoms with Crippen LogP contribution in [0.4, 0.5) is 0 Å². The molecule has 5 rings (SSSR count). The number of carbonyl (C=O) groups is 2. The zero-order valence-electron chi connectivity index (χ0n) is 17.2. The fourth-order valence-electron chi connectivity index (χ4n) is 5.97. The molecule has 0 saturated heterocycles. The molecule has 0 aliphatic heterocycles. The van der Waals surface area contributed by atoms with Crippen molar-refractivity contribution in [3.05, 3.63) is 24.3 Å². The highest BCUT2D eigenvalue weighted by atomic mass is 16.5. The molecule has 1 aromatic carbocycles. The van der Waals surface area contributed by atoms with Crippen LogP contribution in [0.5, 0.6) is 11.5 Å². The van der Waals surface area contributed by atoms with Crippen molar-refractivity contribution < 1.29 is 19.1 Å². The Morgan fingerprint density at radius 2 is 1.55 bits per heavy atom. The van der Waals surface area contributed by atoms with Crippen LogP contribution in [0.1, 0.15) is 58.3 Å². The topological polar surface area (TPSA) is 76.7 Å². The Hall–Kier alpha value is -2.24. The lowest BCUT2D eigenvalue weighted by Gasteiger charge is -2.55. The highest BCUT2D eigenvalue weighted by Gasteiger charge is 2.54.